The minimum absolute atomic E-state index is 0.0710. The molecule has 7 nitrogen and oxygen atoms in total. The van der Waals surface area contributed by atoms with Crippen LogP contribution in [-0.4, -0.2) is 70.0 Å². The minimum Gasteiger partial charge on any atom is -0.394 e. The fourth-order valence-corrected chi connectivity index (χ4v) is 2.03. The summed E-state index contributed by atoms with van der Waals surface area (Å²) in [6, 6.07) is -0.899. The number of carbonyl (C=O) groups is 1. The molecule has 2 heterocycles. The Morgan fingerprint density at radius 3 is 2.67 bits per heavy atom. The van der Waals surface area contributed by atoms with Gasteiger partial charge >= 0.3 is 12.0 Å². The zero-order valence-corrected chi connectivity index (χ0v) is 9.29. The van der Waals surface area contributed by atoms with Crippen molar-refractivity contribution in [2.24, 2.45) is 0 Å². The maximum Gasteiger partial charge on any atom is 0.321 e. The molecule has 0 aliphatic carbocycles. The van der Waals surface area contributed by atoms with Gasteiger partial charge < -0.3 is 25.4 Å². The fourth-order valence-electron chi connectivity index (χ4n) is 2.03. The molecular weight excluding hydrogens is 254 g/mol. The Morgan fingerprint density at radius 2 is 2.17 bits per heavy atom. The Labute approximate surface area is 101 Å². The third-order valence-corrected chi connectivity index (χ3v) is 3.04. The van der Waals surface area contributed by atoms with Gasteiger partial charge in [-0.25, -0.2) is 4.79 Å². The van der Waals surface area contributed by atoms with E-state index in [4.69, 9.17) is 14.9 Å². The van der Waals surface area contributed by atoms with Gasteiger partial charge in [0.1, 0.15) is 12.3 Å². The largest absolute Gasteiger partial charge is 0.394 e. The molecule has 4 N–H and O–H groups in total. The van der Waals surface area contributed by atoms with Gasteiger partial charge in [-0.2, -0.15) is 8.78 Å². The van der Waals surface area contributed by atoms with Crippen molar-refractivity contribution in [1.82, 2.24) is 10.2 Å². The molecule has 0 aromatic rings. The van der Waals surface area contributed by atoms with Gasteiger partial charge in [-0.05, 0) is 0 Å². The number of hydrogen-bond donors (Lipinski definition) is 4. The van der Waals surface area contributed by atoms with E-state index < -0.39 is 43.2 Å². The summed E-state index contributed by atoms with van der Waals surface area (Å²) in [5, 5.41) is 29.3. The molecule has 104 valence electrons. The normalized spacial score (nSPS) is 39.8. The van der Waals surface area contributed by atoms with Crippen molar-refractivity contribution >= 4 is 6.03 Å². The molecule has 2 aliphatic rings. The molecule has 0 aromatic heterocycles. The number of aliphatic hydroxyl groups is 3. The summed E-state index contributed by atoms with van der Waals surface area (Å²) in [6.45, 7) is -0.899. The quantitative estimate of drug-likeness (QED) is 0.485. The van der Waals surface area contributed by atoms with Gasteiger partial charge in [0.15, 0.2) is 6.10 Å². The highest BCUT2D eigenvalue weighted by Crippen LogP contribution is 2.38. The number of rotatable bonds is 2. The molecule has 2 amide bonds. The average molecular weight is 268 g/mol. The molecule has 2 rings (SSSR count). The van der Waals surface area contributed by atoms with Gasteiger partial charge in [-0.1, -0.05) is 0 Å². The topological polar surface area (TPSA) is 102 Å². The lowest BCUT2D eigenvalue weighted by atomic mass is 10.1. The van der Waals surface area contributed by atoms with Crippen LogP contribution in [0.2, 0.25) is 0 Å². The number of carbonyl (C=O) groups excluding carboxylic acids is 1. The fraction of sp³-hybridized carbons (Fsp3) is 0.889. The first-order valence-electron chi connectivity index (χ1n) is 5.45. The zero-order valence-electron chi connectivity index (χ0n) is 9.29. The summed E-state index contributed by atoms with van der Waals surface area (Å²) in [6.07, 6.45) is -6.57. The first kappa shape index (κ1) is 13.4. The van der Waals surface area contributed by atoms with Crippen molar-refractivity contribution < 1.29 is 33.6 Å². The second-order valence-corrected chi connectivity index (χ2v) is 4.28. The second-order valence-electron chi connectivity index (χ2n) is 4.28. The number of hydrogen-bond acceptors (Lipinski definition) is 5. The first-order chi connectivity index (χ1) is 8.37. The average Bonchev–Trinajstić information content (AvgIpc) is 2.52. The standard InChI is InChI=1S/C9H14F2N2O5/c10-9(11)6(16)4(3-14)18-7(9)13-2-1-5(15)12-8(13)17/h4-7,14-16H,1-3H2,(H,12,17)/t4?,5-,6-,7?/m1/s1. The number of alkyl halides is 2. The number of nitrogens with one attached hydrogen (secondary N) is 1. The number of urea groups is 1. The Hall–Kier alpha value is -1.03. The third kappa shape index (κ3) is 2.03. The number of ether oxygens (including phenoxy) is 1. The predicted octanol–water partition coefficient (Wildman–Crippen LogP) is -1.57. The molecule has 0 spiro atoms. The van der Waals surface area contributed by atoms with Crippen LogP contribution in [-0.2, 0) is 4.74 Å². The van der Waals surface area contributed by atoms with E-state index in [2.05, 4.69) is 5.32 Å². The summed E-state index contributed by atoms with van der Waals surface area (Å²) < 4.78 is 32.3. The van der Waals surface area contributed by atoms with Gasteiger partial charge in [0.25, 0.3) is 0 Å². The summed E-state index contributed by atoms with van der Waals surface area (Å²) in [4.78, 5) is 12.2. The Kier molecular flexibility index (Phi) is 3.41. The molecule has 2 unspecified atom stereocenters. The van der Waals surface area contributed by atoms with Crippen LogP contribution in [0.3, 0.4) is 0 Å². The summed E-state index contributed by atoms with van der Waals surface area (Å²) in [5.41, 5.74) is 0. The Morgan fingerprint density at radius 1 is 1.50 bits per heavy atom. The van der Waals surface area contributed by atoms with Gasteiger partial charge in [0.2, 0.25) is 6.23 Å². The molecule has 0 radical (unpaired) electrons. The van der Waals surface area contributed by atoms with E-state index in [1.807, 2.05) is 0 Å². The Bertz CT molecular complexity index is 343. The van der Waals surface area contributed by atoms with Crippen LogP contribution in [0.25, 0.3) is 0 Å². The van der Waals surface area contributed by atoms with Crippen LogP contribution in [0.1, 0.15) is 6.42 Å². The lowest BCUT2D eigenvalue weighted by molar-refractivity contribution is -0.159. The molecule has 0 aromatic carbocycles. The van der Waals surface area contributed by atoms with Gasteiger partial charge in [0.05, 0.1) is 6.61 Å². The maximum atomic E-state index is 13.7. The van der Waals surface area contributed by atoms with Crippen LogP contribution in [0.5, 0.6) is 0 Å². The highest BCUT2D eigenvalue weighted by atomic mass is 19.3. The van der Waals surface area contributed by atoms with Crippen molar-refractivity contribution in [3.63, 3.8) is 0 Å². The molecule has 4 atom stereocenters. The van der Waals surface area contributed by atoms with E-state index in [1.54, 1.807) is 0 Å². The molecule has 0 saturated carbocycles. The summed E-state index contributed by atoms with van der Waals surface area (Å²) >= 11 is 0. The maximum absolute atomic E-state index is 13.7. The zero-order chi connectivity index (χ0) is 13.5. The number of amides is 2. The highest BCUT2D eigenvalue weighted by Gasteiger charge is 2.61. The lowest BCUT2D eigenvalue weighted by Crippen LogP contribution is -2.59. The van der Waals surface area contributed by atoms with E-state index in [-0.39, 0.29) is 13.0 Å². The lowest BCUT2D eigenvalue weighted by Gasteiger charge is -2.36. The van der Waals surface area contributed by atoms with Crippen molar-refractivity contribution in [3.05, 3.63) is 0 Å². The van der Waals surface area contributed by atoms with E-state index in [0.29, 0.717) is 4.90 Å². The minimum atomic E-state index is -3.67. The van der Waals surface area contributed by atoms with Gasteiger partial charge in [-0.3, -0.25) is 4.90 Å². The molecule has 2 aliphatic heterocycles. The summed E-state index contributed by atoms with van der Waals surface area (Å²) in [7, 11) is 0. The monoisotopic (exact) mass is 268 g/mol. The number of aliphatic hydroxyl groups excluding tert-OH is 3. The van der Waals surface area contributed by atoms with Crippen molar-refractivity contribution in [2.75, 3.05) is 13.2 Å². The molecule has 0 bridgehead atoms. The van der Waals surface area contributed by atoms with Crippen molar-refractivity contribution in [2.45, 2.75) is 37.0 Å². The smallest absolute Gasteiger partial charge is 0.321 e. The molecule has 2 saturated heterocycles. The van der Waals surface area contributed by atoms with Crippen LogP contribution < -0.4 is 5.32 Å². The van der Waals surface area contributed by atoms with E-state index in [0.717, 1.165) is 0 Å². The molecule has 18 heavy (non-hydrogen) atoms. The number of nitrogens with zero attached hydrogens (tertiary/aromatic N) is 1. The van der Waals surface area contributed by atoms with Gasteiger partial charge in [0, 0.05) is 13.0 Å². The molecule has 9 heteroatoms. The SMILES string of the molecule is O=C1N[C@H](O)CCN1C1OC(CO)[C@@H](O)C1(F)F. The Balaban J connectivity index is 2.15. The van der Waals surface area contributed by atoms with E-state index in [9.17, 15) is 18.7 Å². The van der Waals surface area contributed by atoms with Crippen molar-refractivity contribution in [3.8, 4) is 0 Å². The summed E-state index contributed by atoms with van der Waals surface area (Å²) in [5.74, 6) is -3.67. The van der Waals surface area contributed by atoms with Crippen molar-refractivity contribution in [1.29, 1.82) is 0 Å². The van der Waals surface area contributed by atoms with Crippen LogP contribution in [0.15, 0.2) is 0 Å². The molecular formula is C9H14F2N2O5. The predicted molar refractivity (Wildman–Crippen MR) is 52.6 cm³/mol. The van der Waals surface area contributed by atoms with Gasteiger partial charge in [-0.15, -0.1) is 0 Å². The van der Waals surface area contributed by atoms with Crippen LogP contribution >= 0.6 is 0 Å². The van der Waals surface area contributed by atoms with E-state index in [1.165, 1.54) is 0 Å². The number of halogens is 2. The van der Waals surface area contributed by atoms with Crippen LogP contribution in [0.4, 0.5) is 13.6 Å². The highest BCUT2D eigenvalue weighted by molar-refractivity contribution is 5.75. The molecule has 2 fully saturated rings. The second kappa shape index (κ2) is 4.57. The van der Waals surface area contributed by atoms with E-state index >= 15 is 0 Å². The van der Waals surface area contributed by atoms with Crippen LogP contribution in [0, 0.1) is 0 Å². The third-order valence-electron chi connectivity index (χ3n) is 3.04. The first-order valence-corrected chi connectivity index (χ1v) is 5.45.